The van der Waals surface area contributed by atoms with Crippen LogP contribution in [-0.2, 0) is 4.74 Å². The van der Waals surface area contributed by atoms with Crippen molar-refractivity contribution in [2.75, 3.05) is 19.5 Å². The van der Waals surface area contributed by atoms with Crippen molar-refractivity contribution in [3.63, 3.8) is 0 Å². The van der Waals surface area contributed by atoms with Crippen LogP contribution < -0.4 is 10.1 Å². The van der Waals surface area contributed by atoms with Gasteiger partial charge in [0.2, 0.25) is 0 Å². The van der Waals surface area contributed by atoms with E-state index in [9.17, 15) is 14.9 Å². The van der Waals surface area contributed by atoms with Crippen molar-refractivity contribution in [2.45, 2.75) is 0 Å². The Balaban J connectivity index is 2.57. The lowest BCUT2D eigenvalue weighted by molar-refractivity contribution is -0.382. The third-order valence-electron chi connectivity index (χ3n) is 2.30. The maximum Gasteiger partial charge on any atom is 0.413 e. The van der Waals surface area contributed by atoms with Gasteiger partial charge in [-0.3, -0.25) is 15.4 Å². The lowest BCUT2D eigenvalue weighted by atomic mass is 10.3. The molecule has 1 amide bonds. The zero-order chi connectivity index (χ0) is 14.0. The molecule has 0 saturated carbocycles. The van der Waals surface area contributed by atoms with E-state index in [0.717, 1.165) is 11.3 Å². The standard InChI is InChI=1S/C10H9N3O5S/c1-17-6-4-3-5(13(15)16)8-7(6)11-9(19-8)12-10(14)18-2/h3-4H,1-2H3,(H,11,12,14). The van der Waals surface area contributed by atoms with Crippen LogP contribution in [0.2, 0.25) is 0 Å². The Kier molecular flexibility index (Phi) is 3.47. The van der Waals surface area contributed by atoms with Gasteiger partial charge in [-0.1, -0.05) is 11.3 Å². The maximum atomic E-state index is 11.1. The fourth-order valence-corrected chi connectivity index (χ4v) is 2.42. The molecule has 0 fully saturated rings. The number of nitrogens with zero attached hydrogens (tertiary/aromatic N) is 2. The van der Waals surface area contributed by atoms with Crippen LogP contribution in [0.1, 0.15) is 0 Å². The molecule has 0 bridgehead atoms. The van der Waals surface area contributed by atoms with Gasteiger partial charge >= 0.3 is 6.09 Å². The van der Waals surface area contributed by atoms with Crippen LogP contribution in [0, 0.1) is 10.1 Å². The molecule has 0 aliphatic carbocycles. The highest BCUT2D eigenvalue weighted by molar-refractivity contribution is 7.22. The number of aromatic nitrogens is 1. The number of nitro benzene ring substituents is 1. The highest BCUT2D eigenvalue weighted by Gasteiger charge is 2.20. The molecular weight excluding hydrogens is 274 g/mol. The smallest absolute Gasteiger partial charge is 0.413 e. The Morgan fingerprint density at radius 1 is 1.47 bits per heavy atom. The Morgan fingerprint density at radius 3 is 2.79 bits per heavy atom. The molecule has 1 heterocycles. The summed E-state index contributed by atoms with van der Waals surface area (Å²) in [5, 5.41) is 13.5. The van der Waals surface area contributed by atoms with E-state index in [0.29, 0.717) is 16.0 Å². The Hall–Kier alpha value is -2.42. The molecule has 0 aliphatic rings. The molecular formula is C10H9N3O5S. The van der Waals surface area contributed by atoms with E-state index < -0.39 is 11.0 Å². The fraction of sp³-hybridized carbons (Fsp3) is 0.200. The lowest BCUT2D eigenvalue weighted by Gasteiger charge is -1.99. The zero-order valence-corrected chi connectivity index (χ0v) is 10.8. The first-order chi connectivity index (χ1) is 9.06. The number of nitrogens with one attached hydrogen (secondary N) is 1. The molecule has 1 N–H and O–H groups in total. The van der Waals surface area contributed by atoms with E-state index in [-0.39, 0.29) is 10.8 Å². The highest BCUT2D eigenvalue weighted by Crippen LogP contribution is 2.38. The van der Waals surface area contributed by atoms with Crippen molar-refractivity contribution in [1.82, 2.24) is 4.98 Å². The van der Waals surface area contributed by atoms with Crippen LogP contribution in [0.5, 0.6) is 5.75 Å². The van der Waals surface area contributed by atoms with E-state index in [1.54, 1.807) is 0 Å². The van der Waals surface area contributed by atoms with Gasteiger partial charge in [-0.25, -0.2) is 9.78 Å². The fourth-order valence-electron chi connectivity index (χ4n) is 1.47. The van der Waals surface area contributed by atoms with Gasteiger partial charge in [-0.05, 0) is 6.07 Å². The number of carbonyl (C=O) groups is 1. The van der Waals surface area contributed by atoms with Crippen molar-refractivity contribution < 1.29 is 19.2 Å². The summed E-state index contributed by atoms with van der Waals surface area (Å²) < 4.78 is 9.85. The third kappa shape index (κ3) is 2.40. The number of hydrogen-bond donors (Lipinski definition) is 1. The molecule has 0 saturated heterocycles. The number of benzene rings is 1. The number of anilines is 1. The third-order valence-corrected chi connectivity index (χ3v) is 3.29. The first-order valence-electron chi connectivity index (χ1n) is 5.03. The van der Waals surface area contributed by atoms with Crippen LogP contribution in [0.3, 0.4) is 0 Å². The second-order valence-electron chi connectivity index (χ2n) is 3.36. The molecule has 0 spiro atoms. The number of nitro groups is 1. The number of rotatable bonds is 3. The summed E-state index contributed by atoms with van der Waals surface area (Å²) in [6.07, 6.45) is -0.694. The predicted octanol–water partition coefficient (Wildman–Crippen LogP) is 2.39. The van der Waals surface area contributed by atoms with Gasteiger partial charge in [0.25, 0.3) is 5.69 Å². The van der Waals surface area contributed by atoms with Crippen molar-refractivity contribution in [2.24, 2.45) is 0 Å². The number of carbonyl (C=O) groups excluding carboxylic acids is 1. The molecule has 0 radical (unpaired) electrons. The van der Waals surface area contributed by atoms with Crippen LogP contribution in [-0.4, -0.2) is 30.2 Å². The molecule has 19 heavy (non-hydrogen) atoms. The van der Waals surface area contributed by atoms with Gasteiger partial charge < -0.3 is 9.47 Å². The summed E-state index contributed by atoms with van der Waals surface area (Å²) >= 11 is 0.981. The molecule has 0 aliphatic heterocycles. The summed E-state index contributed by atoms with van der Waals surface area (Å²) in [6, 6.07) is 2.80. The SMILES string of the molecule is COC(=O)Nc1nc2c(OC)ccc([N+](=O)[O-])c2s1. The van der Waals surface area contributed by atoms with Gasteiger partial charge in [-0.2, -0.15) is 0 Å². The van der Waals surface area contributed by atoms with Crippen molar-refractivity contribution in [3.8, 4) is 5.75 Å². The molecule has 0 unspecified atom stereocenters. The van der Waals surface area contributed by atoms with Crippen molar-refractivity contribution in [3.05, 3.63) is 22.2 Å². The molecule has 2 rings (SSSR count). The van der Waals surface area contributed by atoms with Gasteiger partial charge in [0.05, 0.1) is 19.1 Å². The van der Waals surface area contributed by atoms with Gasteiger partial charge in [0.1, 0.15) is 16.0 Å². The minimum atomic E-state index is -0.694. The summed E-state index contributed by atoms with van der Waals surface area (Å²) in [4.78, 5) is 25.6. The molecule has 0 atom stereocenters. The van der Waals surface area contributed by atoms with Crippen molar-refractivity contribution in [1.29, 1.82) is 0 Å². The Bertz CT molecular complexity index is 654. The first-order valence-corrected chi connectivity index (χ1v) is 5.85. The topological polar surface area (TPSA) is 104 Å². The highest BCUT2D eigenvalue weighted by atomic mass is 32.1. The minimum absolute atomic E-state index is 0.0915. The largest absolute Gasteiger partial charge is 0.494 e. The summed E-state index contributed by atoms with van der Waals surface area (Å²) in [5.41, 5.74) is 0.235. The summed E-state index contributed by atoms with van der Waals surface area (Å²) in [6.45, 7) is 0. The number of ether oxygens (including phenoxy) is 2. The summed E-state index contributed by atoms with van der Waals surface area (Å²) in [5.74, 6) is 0.398. The molecule has 2 aromatic rings. The minimum Gasteiger partial charge on any atom is -0.494 e. The van der Waals surface area contributed by atoms with Gasteiger partial charge in [0.15, 0.2) is 5.13 Å². The van der Waals surface area contributed by atoms with E-state index in [1.165, 1.54) is 26.4 Å². The second-order valence-corrected chi connectivity index (χ2v) is 4.36. The van der Waals surface area contributed by atoms with E-state index in [4.69, 9.17) is 4.74 Å². The number of amides is 1. The quantitative estimate of drug-likeness (QED) is 0.685. The van der Waals surface area contributed by atoms with Crippen LogP contribution in [0.4, 0.5) is 15.6 Å². The average molecular weight is 283 g/mol. The second kappa shape index (κ2) is 5.06. The molecule has 1 aromatic carbocycles. The maximum absolute atomic E-state index is 11.1. The van der Waals surface area contributed by atoms with E-state index in [2.05, 4.69) is 15.0 Å². The van der Waals surface area contributed by atoms with Gasteiger partial charge in [-0.15, -0.1) is 0 Å². The van der Waals surface area contributed by atoms with E-state index >= 15 is 0 Å². The van der Waals surface area contributed by atoms with Crippen LogP contribution >= 0.6 is 11.3 Å². The average Bonchev–Trinajstić information content (AvgIpc) is 2.80. The van der Waals surface area contributed by atoms with Crippen molar-refractivity contribution >= 4 is 38.5 Å². The predicted molar refractivity (Wildman–Crippen MR) is 68.9 cm³/mol. The zero-order valence-electron chi connectivity index (χ0n) is 10.00. The first kappa shape index (κ1) is 13.0. The Labute approximate surface area is 111 Å². The van der Waals surface area contributed by atoms with Gasteiger partial charge in [0, 0.05) is 6.07 Å². The lowest BCUT2D eigenvalue weighted by Crippen LogP contribution is -2.10. The number of methoxy groups -OCH3 is 2. The molecule has 8 nitrogen and oxygen atoms in total. The monoisotopic (exact) mass is 283 g/mol. The number of hydrogen-bond acceptors (Lipinski definition) is 7. The number of fused-ring (bicyclic) bond motifs is 1. The van der Waals surface area contributed by atoms with Crippen LogP contribution in [0.25, 0.3) is 10.2 Å². The van der Waals surface area contributed by atoms with E-state index in [1.807, 2.05) is 0 Å². The number of thiazole rings is 1. The normalized spacial score (nSPS) is 10.2. The number of non-ortho nitro benzene ring substituents is 1. The Morgan fingerprint density at radius 2 is 2.21 bits per heavy atom. The molecule has 100 valence electrons. The summed E-state index contributed by atoms with van der Waals surface area (Å²) in [7, 11) is 2.65. The molecule has 9 heteroatoms. The molecule has 1 aromatic heterocycles. The van der Waals surface area contributed by atoms with Crippen LogP contribution in [0.15, 0.2) is 12.1 Å².